The van der Waals surface area contributed by atoms with Crippen LogP contribution in [0.25, 0.3) is 0 Å². The van der Waals surface area contributed by atoms with Gasteiger partial charge in [0.05, 0.1) is 19.8 Å². The summed E-state index contributed by atoms with van der Waals surface area (Å²) in [5.41, 5.74) is 1.27. The molecule has 2 N–H and O–H groups in total. The van der Waals surface area contributed by atoms with Crippen LogP contribution >= 0.6 is 0 Å². The molecule has 2 fully saturated rings. The number of carbonyl (C=O) groups is 2. The molecule has 0 radical (unpaired) electrons. The summed E-state index contributed by atoms with van der Waals surface area (Å²) in [6.07, 6.45) is 0.991. The molecule has 0 bridgehead atoms. The van der Waals surface area contributed by atoms with Crippen molar-refractivity contribution in [1.29, 1.82) is 0 Å². The first-order chi connectivity index (χ1) is 15.7. The molecule has 3 atom stereocenters. The van der Waals surface area contributed by atoms with Crippen molar-refractivity contribution in [2.45, 2.75) is 18.5 Å². The van der Waals surface area contributed by atoms with Crippen LogP contribution in [0.3, 0.4) is 0 Å². The lowest BCUT2D eigenvalue weighted by atomic mass is 9.96. The summed E-state index contributed by atoms with van der Waals surface area (Å²) >= 11 is 0. The maximum absolute atomic E-state index is 13.3. The quantitative estimate of drug-likeness (QED) is 0.661. The fourth-order valence-electron chi connectivity index (χ4n) is 4.42. The number of amides is 2. The summed E-state index contributed by atoms with van der Waals surface area (Å²) < 4.78 is 11.1. The average Bonchev–Trinajstić information content (AvgIpc) is 3.39. The number of morpholine rings is 1. The Hall–Kier alpha value is -2.74. The number of rotatable bonds is 8. The Labute approximate surface area is 189 Å². The van der Waals surface area contributed by atoms with Crippen LogP contribution in [-0.2, 0) is 14.3 Å². The van der Waals surface area contributed by atoms with Crippen LogP contribution in [0.2, 0.25) is 0 Å². The summed E-state index contributed by atoms with van der Waals surface area (Å²) in [7, 11) is 0. The van der Waals surface area contributed by atoms with Crippen molar-refractivity contribution in [3.8, 4) is 0 Å². The molecule has 0 spiro atoms. The first-order valence-corrected chi connectivity index (χ1v) is 11.3. The van der Waals surface area contributed by atoms with Crippen molar-refractivity contribution >= 4 is 11.8 Å². The minimum atomic E-state index is -0.769. The molecule has 0 saturated carbocycles. The van der Waals surface area contributed by atoms with E-state index in [4.69, 9.17) is 9.47 Å². The van der Waals surface area contributed by atoms with Crippen molar-refractivity contribution in [3.63, 3.8) is 0 Å². The van der Waals surface area contributed by atoms with Gasteiger partial charge in [-0.3, -0.25) is 14.5 Å². The molecule has 2 aromatic rings. The second kappa shape index (κ2) is 11.2. The average molecular weight is 438 g/mol. The van der Waals surface area contributed by atoms with Gasteiger partial charge in [-0.2, -0.15) is 0 Å². The molecule has 2 saturated heterocycles. The van der Waals surface area contributed by atoms with Crippen LogP contribution in [-0.4, -0.2) is 68.8 Å². The number of nitrogens with one attached hydrogen (secondary N) is 2. The Morgan fingerprint density at radius 3 is 2.28 bits per heavy atom. The zero-order valence-electron chi connectivity index (χ0n) is 18.2. The molecule has 0 aromatic heterocycles. The van der Waals surface area contributed by atoms with Gasteiger partial charge in [0.15, 0.2) is 0 Å². The minimum Gasteiger partial charge on any atom is -0.381 e. The third-order valence-corrected chi connectivity index (χ3v) is 6.22. The van der Waals surface area contributed by atoms with Gasteiger partial charge in [-0.05, 0) is 24.1 Å². The SMILES string of the molecule is O=C(NC(C(=O)NCC(C1CCOC1)N1CCOCC1)c1ccccc1)c1ccccc1. The molecule has 2 aromatic carbocycles. The predicted octanol–water partition coefficient (Wildman–Crippen LogP) is 2.01. The number of carbonyl (C=O) groups excluding carboxylic acids is 2. The topological polar surface area (TPSA) is 79.9 Å². The van der Waals surface area contributed by atoms with Gasteiger partial charge in [0.25, 0.3) is 5.91 Å². The highest BCUT2D eigenvalue weighted by molar-refractivity contribution is 5.97. The zero-order chi connectivity index (χ0) is 22.2. The highest BCUT2D eigenvalue weighted by Gasteiger charge is 2.33. The fourth-order valence-corrected chi connectivity index (χ4v) is 4.42. The van der Waals surface area contributed by atoms with Gasteiger partial charge in [-0.1, -0.05) is 48.5 Å². The van der Waals surface area contributed by atoms with Gasteiger partial charge in [0.2, 0.25) is 5.91 Å². The summed E-state index contributed by atoms with van der Waals surface area (Å²) in [5, 5.41) is 6.03. The number of nitrogens with zero attached hydrogens (tertiary/aromatic N) is 1. The van der Waals surface area contributed by atoms with E-state index < -0.39 is 6.04 Å². The van der Waals surface area contributed by atoms with E-state index in [-0.39, 0.29) is 17.9 Å². The van der Waals surface area contributed by atoms with Crippen molar-refractivity contribution in [2.75, 3.05) is 46.1 Å². The van der Waals surface area contributed by atoms with Crippen molar-refractivity contribution < 1.29 is 19.1 Å². The third-order valence-electron chi connectivity index (χ3n) is 6.22. The largest absolute Gasteiger partial charge is 0.381 e. The highest BCUT2D eigenvalue weighted by Crippen LogP contribution is 2.22. The molecule has 4 rings (SSSR count). The highest BCUT2D eigenvalue weighted by atomic mass is 16.5. The Balaban J connectivity index is 1.46. The summed E-state index contributed by atoms with van der Waals surface area (Å²) in [4.78, 5) is 28.5. The first-order valence-electron chi connectivity index (χ1n) is 11.3. The van der Waals surface area contributed by atoms with Gasteiger partial charge in [0.1, 0.15) is 6.04 Å². The smallest absolute Gasteiger partial charge is 0.252 e. The second-order valence-corrected chi connectivity index (χ2v) is 8.27. The Bertz CT molecular complexity index is 865. The number of hydrogen-bond donors (Lipinski definition) is 2. The maximum Gasteiger partial charge on any atom is 0.252 e. The number of hydrogen-bond acceptors (Lipinski definition) is 5. The van der Waals surface area contributed by atoms with Gasteiger partial charge in [-0.25, -0.2) is 0 Å². The van der Waals surface area contributed by atoms with Crippen LogP contribution < -0.4 is 10.6 Å². The molecule has 0 aliphatic carbocycles. The molecule has 7 nitrogen and oxygen atoms in total. The number of benzene rings is 2. The molecule has 7 heteroatoms. The van der Waals surface area contributed by atoms with Crippen molar-refractivity contribution in [2.24, 2.45) is 5.92 Å². The monoisotopic (exact) mass is 437 g/mol. The Kier molecular flexibility index (Phi) is 7.87. The summed E-state index contributed by atoms with van der Waals surface area (Å²) in [5.74, 6) is -0.108. The molecule has 170 valence electrons. The van der Waals surface area contributed by atoms with E-state index in [0.29, 0.717) is 37.8 Å². The molecule has 2 amide bonds. The lowest BCUT2D eigenvalue weighted by Crippen LogP contribution is -2.53. The lowest BCUT2D eigenvalue weighted by Gasteiger charge is -2.37. The van der Waals surface area contributed by atoms with E-state index in [2.05, 4.69) is 15.5 Å². The molecular formula is C25H31N3O4. The fraction of sp³-hybridized carbons (Fsp3) is 0.440. The molecule has 2 heterocycles. The van der Waals surface area contributed by atoms with Crippen LogP contribution in [0.4, 0.5) is 0 Å². The van der Waals surface area contributed by atoms with E-state index in [1.165, 1.54) is 0 Å². The standard InChI is InChI=1S/C25H31N3O4/c29-24(20-9-5-2-6-10-20)27-23(19-7-3-1-4-8-19)25(30)26-17-22(21-11-14-32-18-21)28-12-15-31-16-13-28/h1-10,21-23H,11-18H2,(H,26,30)(H,27,29). The van der Waals surface area contributed by atoms with E-state index in [9.17, 15) is 9.59 Å². The van der Waals surface area contributed by atoms with E-state index in [1.807, 2.05) is 48.5 Å². The van der Waals surface area contributed by atoms with Crippen LogP contribution in [0.1, 0.15) is 28.4 Å². The van der Waals surface area contributed by atoms with Gasteiger partial charge >= 0.3 is 0 Å². The second-order valence-electron chi connectivity index (χ2n) is 8.27. The summed E-state index contributed by atoms with van der Waals surface area (Å²) in [6.45, 7) is 5.10. The van der Waals surface area contributed by atoms with Gasteiger partial charge in [-0.15, -0.1) is 0 Å². The number of ether oxygens (including phenoxy) is 2. The summed E-state index contributed by atoms with van der Waals surface area (Å²) in [6, 6.07) is 17.7. The molecule has 32 heavy (non-hydrogen) atoms. The van der Waals surface area contributed by atoms with Crippen LogP contribution in [0.5, 0.6) is 0 Å². The van der Waals surface area contributed by atoms with Crippen molar-refractivity contribution in [3.05, 3.63) is 71.8 Å². The van der Waals surface area contributed by atoms with Crippen molar-refractivity contribution in [1.82, 2.24) is 15.5 Å². The lowest BCUT2D eigenvalue weighted by molar-refractivity contribution is -0.123. The van der Waals surface area contributed by atoms with E-state index in [0.717, 1.165) is 31.7 Å². The Morgan fingerprint density at radius 2 is 1.62 bits per heavy atom. The van der Waals surface area contributed by atoms with E-state index >= 15 is 0 Å². The van der Waals surface area contributed by atoms with Gasteiger partial charge < -0.3 is 20.1 Å². The van der Waals surface area contributed by atoms with Crippen LogP contribution in [0, 0.1) is 5.92 Å². The molecule has 2 aliphatic heterocycles. The third kappa shape index (κ3) is 5.73. The Morgan fingerprint density at radius 1 is 0.938 bits per heavy atom. The molecule has 3 unspecified atom stereocenters. The predicted molar refractivity (Wildman–Crippen MR) is 121 cm³/mol. The molecular weight excluding hydrogens is 406 g/mol. The van der Waals surface area contributed by atoms with Crippen LogP contribution in [0.15, 0.2) is 60.7 Å². The minimum absolute atomic E-state index is 0.187. The van der Waals surface area contributed by atoms with E-state index in [1.54, 1.807) is 12.1 Å². The normalized spacial score (nSPS) is 20.9. The van der Waals surface area contributed by atoms with Gasteiger partial charge in [0, 0.05) is 43.8 Å². The maximum atomic E-state index is 13.3. The zero-order valence-corrected chi connectivity index (χ0v) is 18.2. The molecule has 2 aliphatic rings. The first kappa shape index (κ1) is 22.5.